The number of amides is 2. The molecule has 0 atom stereocenters. The number of rotatable bonds is 8. The molecule has 3 rings (SSSR count). The number of hydrogen-bond donors (Lipinski definition) is 2. The average molecular weight is 554 g/mol. The minimum Gasteiger partial charge on any atom is -0.348 e. The predicted octanol–water partition coefficient (Wildman–Crippen LogP) is 5.87. The van der Waals surface area contributed by atoms with E-state index in [9.17, 15) is 9.59 Å². The summed E-state index contributed by atoms with van der Waals surface area (Å²) in [5.41, 5.74) is 3.89. The molecular formula is C26H22Br2N2O2. The minimum atomic E-state index is -0.151. The van der Waals surface area contributed by atoms with Crippen LogP contribution in [0.5, 0.6) is 0 Å². The summed E-state index contributed by atoms with van der Waals surface area (Å²) in [7, 11) is 0. The molecule has 3 aromatic rings. The third-order valence-electron chi connectivity index (χ3n) is 4.55. The van der Waals surface area contributed by atoms with Gasteiger partial charge < -0.3 is 10.6 Å². The zero-order valence-corrected chi connectivity index (χ0v) is 20.4. The Bertz CT molecular complexity index is 1010. The Kier molecular flexibility index (Phi) is 9.01. The molecule has 0 unspecified atom stereocenters. The van der Waals surface area contributed by atoms with Crippen LogP contribution < -0.4 is 10.6 Å². The molecule has 162 valence electrons. The molecule has 0 heterocycles. The summed E-state index contributed by atoms with van der Waals surface area (Å²) in [4.78, 5) is 24.0. The molecule has 2 N–H and O–H groups in total. The summed E-state index contributed by atoms with van der Waals surface area (Å²) >= 11 is 6.77. The SMILES string of the molecule is O=C(C=Cc1ccc(Br)cc1)NCc1ccc(CNC(=O)C=Cc2ccc(Br)cc2)cc1. The number of benzene rings is 3. The van der Waals surface area contributed by atoms with Crippen LogP contribution in [0.4, 0.5) is 0 Å². The first-order chi connectivity index (χ1) is 15.5. The van der Waals surface area contributed by atoms with Crippen LogP contribution in [0.3, 0.4) is 0 Å². The molecule has 0 spiro atoms. The molecule has 32 heavy (non-hydrogen) atoms. The standard InChI is InChI=1S/C26H22Br2N2O2/c27-23-11-5-19(6-12-23)9-15-25(31)29-17-21-1-2-22(4-3-21)18-30-26(32)16-10-20-7-13-24(28)14-8-20/h1-16H,17-18H2,(H,29,31)(H,30,32). The van der Waals surface area contributed by atoms with Crippen molar-refractivity contribution in [3.8, 4) is 0 Å². The Morgan fingerprint density at radius 3 is 1.28 bits per heavy atom. The largest absolute Gasteiger partial charge is 0.348 e. The van der Waals surface area contributed by atoms with Crippen molar-refractivity contribution in [3.05, 3.63) is 116 Å². The van der Waals surface area contributed by atoms with E-state index in [1.54, 1.807) is 12.2 Å². The maximum atomic E-state index is 12.0. The van der Waals surface area contributed by atoms with Gasteiger partial charge in [0, 0.05) is 34.2 Å². The molecule has 0 aliphatic heterocycles. The summed E-state index contributed by atoms with van der Waals surface area (Å²) in [6.07, 6.45) is 6.60. The van der Waals surface area contributed by atoms with Gasteiger partial charge in [0.1, 0.15) is 0 Å². The molecule has 0 saturated carbocycles. The number of carbonyl (C=O) groups excluding carboxylic acids is 2. The summed E-state index contributed by atoms with van der Waals surface area (Å²) in [6, 6.07) is 23.2. The molecule has 4 nitrogen and oxygen atoms in total. The molecule has 0 saturated heterocycles. The number of carbonyl (C=O) groups is 2. The predicted molar refractivity (Wildman–Crippen MR) is 136 cm³/mol. The van der Waals surface area contributed by atoms with E-state index in [-0.39, 0.29) is 11.8 Å². The molecule has 0 aliphatic rings. The molecule has 0 aliphatic carbocycles. The topological polar surface area (TPSA) is 58.2 Å². The van der Waals surface area contributed by atoms with E-state index < -0.39 is 0 Å². The smallest absolute Gasteiger partial charge is 0.244 e. The van der Waals surface area contributed by atoms with Gasteiger partial charge in [-0.1, -0.05) is 80.4 Å². The van der Waals surface area contributed by atoms with Crippen LogP contribution in [0.25, 0.3) is 12.2 Å². The molecule has 0 bridgehead atoms. The van der Waals surface area contributed by atoms with Crippen LogP contribution in [0.15, 0.2) is 93.9 Å². The van der Waals surface area contributed by atoms with Crippen molar-refractivity contribution in [1.29, 1.82) is 0 Å². The van der Waals surface area contributed by atoms with Gasteiger partial charge in [-0.3, -0.25) is 9.59 Å². The van der Waals surface area contributed by atoms with Gasteiger partial charge in [0.25, 0.3) is 0 Å². The molecular weight excluding hydrogens is 532 g/mol. The lowest BCUT2D eigenvalue weighted by molar-refractivity contribution is -0.117. The summed E-state index contributed by atoms with van der Waals surface area (Å²) in [5, 5.41) is 5.74. The second kappa shape index (κ2) is 12.2. The highest BCUT2D eigenvalue weighted by molar-refractivity contribution is 9.10. The van der Waals surface area contributed by atoms with Gasteiger partial charge in [-0.2, -0.15) is 0 Å². The van der Waals surface area contributed by atoms with Crippen LogP contribution >= 0.6 is 31.9 Å². The lowest BCUT2D eigenvalue weighted by Crippen LogP contribution is -2.21. The quantitative estimate of drug-likeness (QED) is 0.343. The van der Waals surface area contributed by atoms with E-state index in [4.69, 9.17) is 0 Å². The van der Waals surface area contributed by atoms with E-state index in [1.807, 2.05) is 72.8 Å². The summed E-state index contributed by atoms with van der Waals surface area (Å²) < 4.78 is 2.00. The zero-order chi connectivity index (χ0) is 22.8. The van der Waals surface area contributed by atoms with Gasteiger partial charge in [0.15, 0.2) is 0 Å². The summed E-state index contributed by atoms with van der Waals surface area (Å²) in [6.45, 7) is 0.873. The first-order valence-corrected chi connectivity index (χ1v) is 11.6. The third-order valence-corrected chi connectivity index (χ3v) is 5.61. The fraction of sp³-hybridized carbons (Fsp3) is 0.0769. The van der Waals surface area contributed by atoms with Gasteiger partial charge in [-0.15, -0.1) is 0 Å². The van der Waals surface area contributed by atoms with E-state index in [0.29, 0.717) is 13.1 Å². The Labute approximate surface area is 204 Å². The van der Waals surface area contributed by atoms with Crippen molar-refractivity contribution >= 4 is 55.8 Å². The van der Waals surface area contributed by atoms with Crippen LogP contribution in [0, 0.1) is 0 Å². The first-order valence-electron chi connectivity index (χ1n) is 9.99. The van der Waals surface area contributed by atoms with E-state index >= 15 is 0 Å². The fourth-order valence-electron chi connectivity index (χ4n) is 2.76. The molecule has 3 aromatic carbocycles. The maximum absolute atomic E-state index is 12.0. The highest BCUT2D eigenvalue weighted by Gasteiger charge is 2.00. The second-order valence-electron chi connectivity index (χ2n) is 7.02. The van der Waals surface area contributed by atoms with Crippen molar-refractivity contribution in [2.24, 2.45) is 0 Å². The Balaban J connectivity index is 1.41. The average Bonchev–Trinajstić information content (AvgIpc) is 2.81. The highest BCUT2D eigenvalue weighted by Crippen LogP contribution is 2.12. The van der Waals surface area contributed by atoms with E-state index in [1.165, 1.54) is 12.2 Å². The van der Waals surface area contributed by atoms with Gasteiger partial charge in [0.2, 0.25) is 11.8 Å². The van der Waals surface area contributed by atoms with Gasteiger partial charge in [-0.25, -0.2) is 0 Å². The van der Waals surface area contributed by atoms with E-state index in [2.05, 4.69) is 42.5 Å². The second-order valence-corrected chi connectivity index (χ2v) is 8.85. The maximum Gasteiger partial charge on any atom is 0.244 e. The number of halogens is 2. The van der Waals surface area contributed by atoms with Crippen LogP contribution in [-0.2, 0) is 22.7 Å². The number of hydrogen-bond acceptors (Lipinski definition) is 2. The fourth-order valence-corrected chi connectivity index (χ4v) is 3.29. The monoisotopic (exact) mass is 552 g/mol. The lowest BCUT2D eigenvalue weighted by atomic mass is 10.1. The summed E-state index contributed by atoms with van der Waals surface area (Å²) in [5.74, 6) is -0.302. The first kappa shape index (κ1) is 23.7. The van der Waals surface area contributed by atoms with Crippen LogP contribution in [0.1, 0.15) is 22.3 Å². The molecule has 6 heteroatoms. The van der Waals surface area contributed by atoms with Crippen molar-refractivity contribution in [2.75, 3.05) is 0 Å². The van der Waals surface area contributed by atoms with Crippen LogP contribution in [0.2, 0.25) is 0 Å². The molecule has 0 fully saturated rings. The highest BCUT2D eigenvalue weighted by atomic mass is 79.9. The zero-order valence-electron chi connectivity index (χ0n) is 17.2. The molecule has 0 aromatic heterocycles. The van der Waals surface area contributed by atoms with Gasteiger partial charge in [-0.05, 0) is 58.7 Å². The van der Waals surface area contributed by atoms with Gasteiger partial charge >= 0.3 is 0 Å². The van der Waals surface area contributed by atoms with Crippen LogP contribution in [-0.4, -0.2) is 11.8 Å². The Hall–Kier alpha value is -2.96. The van der Waals surface area contributed by atoms with Crippen molar-refractivity contribution < 1.29 is 9.59 Å². The van der Waals surface area contributed by atoms with Crippen molar-refractivity contribution in [1.82, 2.24) is 10.6 Å². The Morgan fingerprint density at radius 2 is 0.938 bits per heavy atom. The third kappa shape index (κ3) is 8.29. The number of nitrogens with one attached hydrogen (secondary N) is 2. The minimum absolute atomic E-state index is 0.151. The Morgan fingerprint density at radius 1 is 0.594 bits per heavy atom. The van der Waals surface area contributed by atoms with Crippen molar-refractivity contribution in [3.63, 3.8) is 0 Å². The lowest BCUT2D eigenvalue weighted by Gasteiger charge is -2.06. The van der Waals surface area contributed by atoms with Crippen molar-refractivity contribution in [2.45, 2.75) is 13.1 Å². The molecule has 0 radical (unpaired) electrons. The normalized spacial score (nSPS) is 11.1. The van der Waals surface area contributed by atoms with Gasteiger partial charge in [0.05, 0.1) is 0 Å². The molecule has 2 amide bonds. The van der Waals surface area contributed by atoms with E-state index in [0.717, 1.165) is 31.2 Å².